The van der Waals surface area contributed by atoms with Gasteiger partial charge in [-0.25, -0.2) is 4.98 Å². The molecule has 0 fully saturated rings. The average Bonchev–Trinajstić information content (AvgIpc) is 3.57. The number of hydrogen-bond acceptors (Lipinski definition) is 7. The highest BCUT2D eigenvalue weighted by Crippen LogP contribution is 2.37. The summed E-state index contributed by atoms with van der Waals surface area (Å²) in [4.78, 5) is 4.80. The van der Waals surface area contributed by atoms with Gasteiger partial charge < -0.3 is 14.0 Å². The van der Waals surface area contributed by atoms with Crippen LogP contribution in [0.2, 0.25) is 0 Å². The summed E-state index contributed by atoms with van der Waals surface area (Å²) in [6.07, 6.45) is 3.67. The van der Waals surface area contributed by atoms with Crippen molar-refractivity contribution in [3.05, 3.63) is 83.6 Å². The summed E-state index contributed by atoms with van der Waals surface area (Å²) in [7, 11) is 0. The van der Waals surface area contributed by atoms with Crippen molar-refractivity contribution >= 4 is 23.1 Å². The van der Waals surface area contributed by atoms with Crippen molar-refractivity contribution in [1.29, 1.82) is 0 Å². The van der Waals surface area contributed by atoms with E-state index in [2.05, 4.69) is 51.0 Å². The smallest absolute Gasteiger partial charge is 0.231 e. The molecule has 4 aromatic rings. The number of allylic oxidation sites excluding steroid dienone is 1. The number of aryl methyl sites for hydroxylation is 2. The largest absolute Gasteiger partial charge is 0.454 e. The maximum Gasteiger partial charge on any atom is 0.231 e. The summed E-state index contributed by atoms with van der Waals surface area (Å²) in [5.41, 5.74) is 3.36. The van der Waals surface area contributed by atoms with Gasteiger partial charge in [0.1, 0.15) is 10.8 Å². The summed E-state index contributed by atoms with van der Waals surface area (Å²) in [6.45, 7) is 4.87. The number of rotatable bonds is 9. The third-order valence-corrected chi connectivity index (χ3v) is 7.05. The van der Waals surface area contributed by atoms with Crippen LogP contribution in [-0.2, 0) is 25.1 Å². The number of hydrogen-bond donors (Lipinski definition) is 0. The molecule has 2 aromatic heterocycles. The van der Waals surface area contributed by atoms with E-state index in [0.29, 0.717) is 6.54 Å². The van der Waals surface area contributed by atoms with Crippen LogP contribution < -0.4 is 9.47 Å². The molecule has 32 heavy (non-hydrogen) atoms. The molecule has 0 bridgehead atoms. The first-order valence-corrected chi connectivity index (χ1v) is 12.2. The number of thioether (sulfide) groups is 1. The first-order chi connectivity index (χ1) is 15.8. The maximum absolute atomic E-state index is 5.48. The standard InChI is InChI=1S/C24H22N4O2S2/c1-2-12-28-22(11-8-17-6-4-3-5-7-17)26-27-24(28)32-15-19-14-31-23(25-19)18-9-10-20-21(13-18)30-16-29-20/h2-7,9-10,13-14H,1,8,11-12,15-16H2. The molecule has 1 aliphatic rings. The van der Waals surface area contributed by atoms with Crippen LogP contribution in [-0.4, -0.2) is 26.5 Å². The number of fused-ring (bicyclic) bond motifs is 1. The molecule has 0 unspecified atom stereocenters. The first-order valence-electron chi connectivity index (χ1n) is 10.3. The van der Waals surface area contributed by atoms with Crippen molar-refractivity contribution in [2.24, 2.45) is 0 Å². The second kappa shape index (κ2) is 9.58. The lowest BCUT2D eigenvalue weighted by atomic mass is 10.1. The van der Waals surface area contributed by atoms with E-state index in [1.54, 1.807) is 23.1 Å². The lowest BCUT2D eigenvalue weighted by molar-refractivity contribution is 0.174. The fraction of sp³-hybridized carbons (Fsp3) is 0.208. The highest BCUT2D eigenvalue weighted by molar-refractivity contribution is 7.98. The summed E-state index contributed by atoms with van der Waals surface area (Å²) in [6, 6.07) is 16.4. The Morgan fingerprint density at radius 3 is 2.81 bits per heavy atom. The van der Waals surface area contributed by atoms with E-state index in [9.17, 15) is 0 Å². The van der Waals surface area contributed by atoms with Crippen LogP contribution in [0.25, 0.3) is 10.6 Å². The monoisotopic (exact) mass is 462 g/mol. The second-order valence-electron chi connectivity index (χ2n) is 7.28. The van der Waals surface area contributed by atoms with E-state index in [-0.39, 0.29) is 6.79 Å². The summed E-state index contributed by atoms with van der Waals surface area (Å²) < 4.78 is 13.0. The van der Waals surface area contributed by atoms with E-state index in [1.165, 1.54) is 5.56 Å². The Hall–Kier alpha value is -3.10. The first kappa shape index (κ1) is 20.8. The summed E-state index contributed by atoms with van der Waals surface area (Å²) in [5.74, 6) is 3.27. The minimum atomic E-state index is 0.275. The molecule has 2 aromatic carbocycles. The average molecular weight is 463 g/mol. The van der Waals surface area contributed by atoms with Crippen molar-refractivity contribution < 1.29 is 9.47 Å². The van der Waals surface area contributed by atoms with Gasteiger partial charge in [-0.2, -0.15) is 0 Å². The minimum absolute atomic E-state index is 0.275. The van der Waals surface area contributed by atoms with Crippen molar-refractivity contribution in [1.82, 2.24) is 19.7 Å². The van der Waals surface area contributed by atoms with Crippen LogP contribution in [0.3, 0.4) is 0 Å². The highest BCUT2D eigenvalue weighted by atomic mass is 32.2. The molecule has 8 heteroatoms. The lowest BCUT2D eigenvalue weighted by Gasteiger charge is -2.07. The van der Waals surface area contributed by atoms with Gasteiger partial charge in [-0.3, -0.25) is 0 Å². The molecule has 0 radical (unpaired) electrons. The van der Waals surface area contributed by atoms with E-state index in [0.717, 1.165) is 57.3 Å². The van der Waals surface area contributed by atoms with Gasteiger partial charge in [0.15, 0.2) is 16.7 Å². The molecule has 6 nitrogen and oxygen atoms in total. The van der Waals surface area contributed by atoms with Gasteiger partial charge in [0, 0.05) is 29.7 Å². The Morgan fingerprint density at radius 1 is 1.06 bits per heavy atom. The molecule has 5 rings (SSSR count). The maximum atomic E-state index is 5.48. The van der Waals surface area contributed by atoms with E-state index in [4.69, 9.17) is 14.5 Å². The Labute approximate surface area is 194 Å². The molecule has 1 aliphatic heterocycles. The quantitative estimate of drug-likeness (QED) is 0.245. The van der Waals surface area contributed by atoms with Gasteiger partial charge in [0.25, 0.3) is 0 Å². The topological polar surface area (TPSA) is 62.1 Å². The van der Waals surface area contributed by atoms with E-state index >= 15 is 0 Å². The third kappa shape index (κ3) is 4.56. The van der Waals surface area contributed by atoms with E-state index in [1.807, 2.05) is 30.3 Å². The SMILES string of the molecule is C=CCn1c(CCc2ccccc2)nnc1SCc1csc(-c2ccc3c(c2)OCO3)n1. The molecule has 0 spiro atoms. The van der Waals surface area contributed by atoms with Crippen LogP contribution in [0, 0.1) is 0 Å². The normalized spacial score (nSPS) is 12.2. The van der Waals surface area contributed by atoms with Gasteiger partial charge in [-0.05, 0) is 30.2 Å². The Balaban J connectivity index is 1.25. The predicted octanol–water partition coefficient (Wildman–Crippen LogP) is 5.39. The molecule has 0 amide bonds. The zero-order chi connectivity index (χ0) is 21.8. The zero-order valence-electron chi connectivity index (χ0n) is 17.4. The van der Waals surface area contributed by atoms with Crippen LogP contribution in [0.15, 0.2) is 71.7 Å². The number of benzene rings is 2. The van der Waals surface area contributed by atoms with Gasteiger partial charge in [-0.15, -0.1) is 28.1 Å². The summed E-state index contributed by atoms with van der Waals surface area (Å²) >= 11 is 3.28. The minimum Gasteiger partial charge on any atom is -0.454 e. The number of ether oxygens (including phenoxy) is 2. The van der Waals surface area contributed by atoms with Crippen LogP contribution in [0.4, 0.5) is 0 Å². The van der Waals surface area contributed by atoms with Crippen molar-refractivity contribution in [3.8, 4) is 22.1 Å². The molecular formula is C24H22N4O2S2. The third-order valence-electron chi connectivity index (χ3n) is 5.11. The zero-order valence-corrected chi connectivity index (χ0v) is 19.1. The molecule has 0 saturated carbocycles. The van der Waals surface area contributed by atoms with Crippen LogP contribution in [0.5, 0.6) is 11.5 Å². The summed E-state index contributed by atoms with van der Waals surface area (Å²) in [5, 5.41) is 12.8. The number of thiazole rings is 1. The van der Waals surface area contributed by atoms with Crippen LogP contribution in [0.1, 0.15) is 17.1 Å². The van der Waals surface area contributed by atoms with Crippen LogP contribution >= 0.6 is 23.1 Å². The van der Waals surface area contributed by atoms with Crippen molar-refractivity contribution in [2.45, 2.75) is 30.3 Å². The highest BCUT2D eigenvalue weighted by Gasteiger charge is 2.16. The van der Waals surface area contributed by atoms with Crippen molar-refractivity contribution in [3.63, 3.8) is 0 Å². The number of aromatic nitrogens is 4. The Bertz CT molecular complexity index is 1220. The molecule has 0 N–H and O–H groups in total. The number of nitrogens with zero attached hydrogens (tertiary/aromatic N) is 4. The molecule has 0 atom stereocenters. The molecule has 162 valence electrons. The molecule has 0 aliphatic carbocycles. The van der Waals surface area contributed by atoms with Gasteiger partial charge >= 0.3 is 0 Å². The van der Waals surface area contributed by atoms with Gasteiger partial charge in [0.2, 0.25) is 6.79 Å². The fourth-order valence-electron chi connectivity index (χ4n) is 3.50. The fourth-order valence-corrected chi connectivity index (χ4v) is 5.28. The Morgan fingerprint density at radius 2 is 1.94 bits per heavy atom. The van der Waals surface area contributed by atoms with Crippen molar-refractivity contribution in [2.75, 3.05) is 6.79 Å². The Kier molecular flexibility index (Phi) is 6.22. The molecular weight excluding hydrogens is 440 g/mol. The molecule has 3 heterocycles. The molecule has 0 saturated heterocycles. The second-order valence-corrected chi connectivity index (χ2v) is 9.08. The van der Waals surface area contributed by atoms with E-state index < -0.39 is 0 Å². The lowest BCUT2D eigenvalue weighted by Crippen LogP contribution is -2.05. The van der Waals surface area contributed by atoms with Gasteiger partial charge in [0.05, 0.1) is 5.69 Å². The van der Waals surface area contributed by atoms with Gasteiger partial charge in [-0.1, -0.05) is 48.2 Å². The predicted molar refractivity (Wildman–Crippen MR) is 127 cm³/mol.